The minimum absolute atomic E-state index is 0.259. The Labute approximate surface area is 149 Å². The predicted octanol–water partition coefficient (Wildman–Crippen LogP) is 4.24. The SMILES string of the molecule is C/C(=C(/C#N)c1nnc(NC(=O)c2ccccc2)s1)c1ccccc1. The van der Waals surface area contributed by atoms with Crippen molar-refractivity contribution in [1.82, 2.24) is 10.2 Å². The van der Waals surface area contributed by atoms with Gasteiger partial charge in [0.1, 0.15) is 6.07 Å². The van der Waals surface area contributed by atoms with Crippen LogP contribution in [-0.2, 0) is 0 Å². The van der Waals surface area contributed by atoms with Crippen molar-refractivity contribution in [3.8, 4) is 6.07 Å². The maximum atomic E-state index is 12.2. The van der Waals surface area contributed by atoms with E-state index >= 15 is 0 Å². The molecule has 0 saturated carbocycles. The third kappa shape index (κ3) is 3.79. The molecule has 25 heavy (non-hydrogen) atoms. The van der Waals surface area contributed by atoms with Crippen LogP contribution in [0.25, 0.3) is 11.1 Å². The van der Waals surface area contributed by atoms with E-state index in [4.69, 9.17) is 0 Å². The van der Waals surface area contributed by atoms with Gasteiger partial charge < -0.3 is 0 Å². The number of nitrogens with one attached hydrogen (secondary N) is 1. The highest BCUT2D eigenvalue weighted by atomic mass is 32.1. The Morgan fingerprint density at radius 1 is 1.00 bits per heavy atom. The monoisotopic (exact) mass is 346 g/mol. The van der Waals surface area contributed by atoms with Crippen LogP contribution in [0, 0.1) is 11.3 Å². The molecule has 3 aromatic rings. The first-order valence-electron chi connectivity index (χ1n) is 7.55. The number of carbonyl (C=O) groups is 1. The highest BCUT2D eigenvalue weighted by Gasteiger charge is 2.15. The molecule has 0 saturated heterocycles. The van der Waals surface area contributed by atoms with Gasteiger partial charge in [0.15, 0.2) is 5.01 Å². The lowest BCUT2D eigenvalue weighted by molar-refractivity contribution is 0.102. The van der Waals surface area contributed by atoms with E-state index in [-0.39, 0.29) is 5.91 Å². The second-order valence-electron chi connectivity index (χ2n) is 5.21. The normalized spacial score (nSPS) is 11.4. The molecule has 0 radical (unpaired) electrons. The smallest absolute Gasteiger partial charge is 0.257 e. The van der Waals surface area contributed by atoms with Gasteiger partial charge in [-0.05, 0) is 30.2 Å². The number of nitrogens with zero attached hydrogens (tertiary/aromatic N) is 3. The summed E-state index contributed by atoms with van der Waals surface area (Å²) in [7, 11) is 0. The van der Waals surface area contributed by atoms with E-state index in [2.05, 4.69) is 21.6 Å². The third-order valence-corrected chi connectivity index (χ3v) is 4.45. The molecule has 5 nitrogen and oxygen atoms in total. The van der Waals surface area contributed by atoms with E-state index in [1.165, 1.54) is 11.3 Å². The first kappa shape index (κ1) is 16.6. The molecular weight excluding hydrogens is 332 g/mol. The molecule has 0 aliphatic heterocycles. The molecule has 2 aromatic carbocycles. The molecule has 3 rings (SSSR count). The quantitative estimate of drug-likeness (QED) is 0.717. The zero-order valence-electron chi connectivity index (χ0n) is 13.4. The Morgan fingerprint density at radius 2 is 1.60 bits per heavy atom. The van der Waals surface area contributed by atoms with Gasteiger partial charge in [0.25, 0.3) is 5.91 Å². The number of rotatable bonds is 4. The molecule has 0 aliphatic rings. The van der Waals surface area contributed by atoms with Gasteiger partial charge in [-0.25, -0.2) is 0 Å². The molecule has 1 N–H and O–H groups in total. The summed E-state index contributed by atoms with van der Waals surface area (Å²) in [5.41, 5.74) is 2.75. The van der Waals surface area contributed by atoms with Crippen LogP contribution in [0.4, 0.5) is 5.13 Å². The number of anilines is 1. The number of amides is 1. The first-order chi connectivity index (χ1) is 12.2. The standard InChI is InChI=1S/C19H14N4OS/c1-13(14-8-4-2-5-9-14)16(12-20)18-22-23-19(25-18)21-17(24)15-10-6-3-7-11-15/h2-11H,1H3,(H,21,23,24)/b16-13+. The van der Waals surface area contributed by atoms with Gasteiger partial charge in [0.05, 0.1) is 5.57 Å². The van der Waals surface area contributed by atoms with Crippen LogP contribution in [0.15, 0.2) is 60.7 Å². The average molecular weight is 346 g/mol. The number of hydrogen-bond donors (Lipinski definition) is 1. The summed E-state index contributed by atoms with van der Waals surface area (Å²) in [6, 6.07) is 20.7. The fourth-order valence-corrected chi connectivity index (χ4v) is 3.05. The van der Waals surface area contributed by atoms with Crippen molar-refractivity contribution in [1.29, 1.82) is 5.26 Å². The number of allylic oxidation sites excluding steroid dienone is 2. The van der Waals surface area contributed by atoms with Crippen molar-refractivity contribution in [2.45, 2.75) is 6.92 Å². The number of hydrogen-bond acceptors (Lipinski definition) is 5. The Morgan fingerprint density at radius 3 is 2.20 bits per heavy atom. The summed E-state index contributed by atoms with van der Waals surface area (Å²) in [6.07, 6.45) is 0. The van der Waals surface area contributed by atoms with Crippen LogP contribution < -0.4 is 5.32 Å². The predicted molar refractivity (Wildman–Crippen MR) is 98.8 cm³/mol. The molecule has 0 spiro atoms. The number of nitriles is 1. The van der Waals surface area contributed by atoms with Gasteiger partial charge in [-0.2, -0.15) is 5.26 Å². The Bertz CT molecular complexity index is 956. The zero-order chi connectivity index (χ0) is 17.6. The van der Waals surface area contributed by atoms with E-state index in [9.17, 15) is 10.1 Å². The van der Waals surface area contributed by atoms with Crippen molar-refractivity contribution in [3.63, 3.8) is 0 Å². The Kier molecular flexibility index (Phi) is 4.97. The van der Waals surface area contributed by atoms with Crippen molar-refractivity contribution >= 4 is 33.5 Å². The highest BCUT2D eigenvalue weighted by Crippen LogP contribution is 2.29. The fourth-order valence-electron chi connectivity index (χ4n) is 2.26. The third-order valence-electron chi connectivity index (χ3n) is 3.59. The Hall–Kier alpha value is -3.30. The van der Waals surface area contributed by atoms with Gasteiger partial charge in [0.2, 0.25) is 5.13 Å². The van der Waals surface area contributed by atoms with Crippen molar-refractivity contribution < 1.29 is 4.79 Å². The molecule has 0 fully saturated rings. The van der Waals surface area contributed by atoms with Crippen molar-refractivity contribution in [3.05, 3.63) is 76.8 Å². The molecule has 6 heteroatoms. The summed E-state index contributed by atoms with van der Waals surface area (Å²) in [5.74, 6) is -0.259. The molecule has 0 unspecified atom stereocenters. The molecule has 1 aromatic heterocycles. The molecule has 0 aliphatic carbocycles. The lowest BCUT2D eigenvalue weighted by Crippen LogP contribution is -2.11. The van der Waals surface area contributed by atoms with Crippen LogP contribution >= 0.6 is 11.3 Å². The second kappa shape index (κ2) is 7.51. The lowest BCUT2D eigenvalue weighted by atomic mass is 10.0. The van der Waals surface area contributed by atoms with Gasteiger partial charge in [-0.15, -0.1) is 10.2 Å². The summed E-state index contributed by atoms with van der Waals surface area (Å²) < 4.78 is 0. The molecule has 0 atom stereocenters. The largest absolute Gasteiger partial charge is 0.296 e. The minimum Gasteiger partial charge on any atom is -0.296 e. The zero-order valence-corrected chi connectivity index (χ0v) is 14.2. The van der Waals surface area contributed by atoms with Gasteiger partial charge >= 0.3 is 0 Å². The number of carbonyl (C=O) groups excluding carboxylic acids is 1. The van der Waals surface area contributed by atoms with Gasteiger partial charge in [0, 0.05) is 5.56 Å². The van der Waals surface area contributed by atoms with E-state index < -0.39 is 0 Å². The fraction of sp³-hybridized carbons (Fsp3) is 0.0526. The maximum absolute atomic E-state index is 12.2. The molecule has 1 heterocycles. The molecular formula is C19H14N4OS. The first-order valence-corrected chi connectivity index (χ1v) is 8.37. The maximum Gasteiger partial charge on any atom is 0.257 e. The van der Waals surface area contributed by atoms with Gasteiger partial charge in [-0.3, -0.25) is 10.1 Å². The van der Waals surface area contributed by atoms with Crippen LogP contribution in [-0.4, -0.2) is 16.1 Å². The topological polar surface area (TPSA) is 78.7 Å². The van der Waals surface area contributed by atoms with Crippen LogP contribution in [0.5, 0.6) is 0 Å². The Balaban J connectivity index is 1.85. The molecule has 1 amide bonds. The second-order valence-corrected chi connectivity index (χ2v) is 6.19. The summed E-state index contributed by atoms with van der Waals surface area (Å²) >= 11 is 1.18. The number of benzene rings is 2. The minimum atomic E-state index is -0.259. The highest BCUT2D eigenvalue weighted by molar-refractivity contribution is 7.16. The molecule has 0 bridgehead atoms. The van der Waals surface area contributed by atoms with Gasteiger partial charge in [-0.1, -0.05) is 59.9 Å². The lowest BCUT2D eigenvalue weighted by Gasteiger charge is -2.03. The van der Waals surface area contributed by atoms with Crippen molar-refractivity contribution in [2.75, 3.05) is 5.32 Å². The van der Waals surface area contributed by atoms with Crippen LogP contribution in [0.3, 0.4) is 0 Å². The van der Waals surface area contributed by atoms with Crippen LogP contribution in [0.2, 0.25) is 0 Å². The van der Waals surface area contributed by atoms with E-state index in [1.807, 2.05) is 43.3 Å². The average Bonchev–Trinajstić information content (AvgIpc) is 3.11. The van der Waals surface area contributed by atoms with Crippen LogP contribution in [0.1, 0.15) is 27.9 Å². The van der Waals surface area contributed by atoms with E-state index in [0.717, 1.165) is 11.1 Å². The number of aromatic nitrogens is 2. The summed E-state index contributed by atoms with van der Waals surface area (Å²) in [4.78, 5) is 12.2. The summed E-state index contributed by atoms with van der Waals surface area (Å²) in [5, 5.41) is 21.1. The molecule has 122 valence electrons. The van der Waals surface area contributed by atoms with Crippen molar-refractivity contribution in [2.24, 2.45) is 0 Å². The summed E-state index contributed by atoms with van der Waals surface area (Å²) in [6.45, 7) is 1.87. The van der Waals surface area contributed by atoms with E-state index in [1.54, 1.807) is 24.3 Å². The van der Waals surface area contributed by atoms with E-state index in [0.29, 0.717) is 21.3 Å².